The molecule has 0 unspecified atom stereocenters. The zero-order valence-corrected chi connectivity index (χ0v) is 13.6. The summed E-state index contributed by atoms with van der Waals surface area (Å²) in [6.45, 7) is 0. The van der Waals surface area contributed by atoms with Crippen LogP contribution in [0.3, 0.4) is 0 Å². The number of amides is 1. The van der Waals surface area contributed by atoms with E-state index in [2.05, 4.69) is 10.0 Å². The number of carbonyl (C=O) groups excluding carboxylic acids is 1. The topological polar surface area (TPSA) is 136 Å². The molecule has 2 aromatic carbocycles. The molecule has 25 heavy (non-hydrogen) atoms. The number of carboxylic acids is 1. The smallest absolute Gasteiger partial charge is 0.337 e. The number of hydrogen-bond acceptors (Lipinski definition) is 5. The second kappa shape index (κ2) is 7.46. The molecule has 8 nitrogen and oxygen atoms in total. The summed E-state index contributed by atoms with van der Waals surface area (Å²) in [4.78, 5) is 22.8. The summed E-state index contributed by atoms with van der Waals surface area (Å²) < 4.78 is 26.8. The maximum Gasteiger partial charge on any atom is 0.337 e. The van der Waals surface area contributed by atoms with E-state index in [-0.39, 0.29) is 28.3 Å². The van der Waals surface area contributed by atoms with E-state index in [4.69, 9.17) is 5.26 Å². The van der Waals surface area contributed by atoms with Gasteiger partial charge in [0.15, 0.2) is 0 Å². The molecule has 0 radical (unpaired) electrons. The molecular weight excluding hydrogens is 346 g/mol. The van der Waals surface area contributed by atoms with Crippen LogP contribution < -0.4 is 10.0 Å². The number of benzene rings is 2. The third-order valence-electron chi connectivity index (χ3n) is 3.07. The van der Waals surface area contributed by atoms with Gasteiger partial charge in [-0.1, -0.05) is 18.2 Å². The van der Waals surface area contributed by atoms with Crippen LogP contribution in [0.1, 0.15) is 16.8 Å². The molecule has 128 valence electrons. The fourth-order valence-corrected chi connectivity index (χ4v) is 3.07. The Morgan fingerprint density at radius 2 is 1.80 bits per heavy atom. The van der Waals surface area contributed by atoms with Crippen molar-refractivity contribution < 1.29 is 23.1 Å². The lowest BCUT2D eigenvalue weighted by atomic mass is 10.1. The van der Waals surface area contributed by atoms with Crippen molar-refractivity contribution in [1.82, 2.24) is 0 Å². The van der Waals surface area contributed by atoms with Crippen LogP contribution in [-0.4, -0.2) is 25.4 Å². The van der Waals surface area contributed by atoms with E-state index >= 15 is 0 Å². The Labute approximate surface area is 143 Å². The van der Waals surface area contributed by atoms with Gasteiger partial charge in [0.2, 0.25) is 5.91 Å². The number of carbonyl (C=O) groups is 2. The molecule has 0 spiro atoms. The van der Waals surface area contributed by atoms with E-state index in [0.717, 1.165) is 6.07 Å². The number of rotatable bonds is 6. The van der Waals surface area contributed by atoms with Crippen molar-refractivity contribution in [2.75, 3.05) is 10.0 Å². The second-order valence-corrected chi connectivity index (χ2v) is 6.55. The van der Waals surface area contributed by atoms with Crippen molar-refractivity contribution in [2.24, 2.45) is 0 Å². The number of nitrogens with one attached hydrogen (secondary N) is 2. The molecule has 2 aromatic rings. The zero-order valence-electron chi connectivity index (χ0n) is 12.8. The van der Waals surface area contributed by atoms with E-state index in [9.17, 15) is 23.1 Å². The normalized spacial score (nSPS) is 10.5. The fraction of sp³-hybridized carbons (Fsp3) is 0.0625. The molecule has 0 heterocycles. The maximum absolute atomic E-state index is 12.3. The van der Waals surface area contributed by atoms with Crippen LogP contribution in [0, 0.1) is 11.3 Å². The average Bonchev–Trinajstić information content (AvgIpc) is 2.57. The molecule has 0 fully saturated rings. The number of anilines is 2. The molecule has 0 atom stereocenters. The first-order valence-corrected chi connectivity index (χ1v) is 8.44. The highest BCUT2D eigenvalue weighted by Gasteiger charge is 2.19. The van der Waals surface area contributed by atoms with Crippen molar-refractivity contribution in [3.8, 4) is 6.07 Å². The lowest BCUT2D eigenvalue weighted by molar-refractivity contribution is -0.115. The molecule has 0 aromatic heterocycles. The molecule has 2 rings (SSSR count). The summed E-state index contributed by atoms with van der Waals surface area (Å²) in [5.74, 6) is -1.97. The Hall–Kier alpha value is -3.38. The minimum atomic E-state index is -3.96. The number of hydrogen-bond donors (Lipinski definition) is 3. The number of sulfonamides is 1. The first-order valence-electron chi connectivity index (χ1n) is 6.95. The van der Waals surface area contributed by atoms with Gasteiger partial charge in [-0.05, 0) is 30.3 Å². The van der Waals surface area contributed by atoms with Crippen molar-refractivity contribution in [3.05, 3.63) is 54.1 Å². The molecule has 0 aliphatic rings. The highest BCUT2D eigenvalue weighted by Crippen LogP contribution is 2.24. The number of carboxylic acid groups (broad SMARTS) is 1. The van der Waals surface area contributed by atoms with E-state index < -0.39 is 21.9 Å². The predicted molar refractivity (Wildman–Crippen MR) is 89.5 cm³/mol. The third-order valence-corrected chi connectivity index (χ3v) is 4.45. The number of nitriles is 1. The summed E-state index contributed by atoms with van der Waals surface area (Å²) >= 11 is 0. The van der Waals surface area contributed by atoms with Gasteiger partial charge in [-0.25, -0.2) is 13.2 Å². The zero-order chi connectivity index (χ0) is 18.4. The minimum absolute atomic E-state index is 0.0160. The summed E-state index contributed by atoms with van der Waals surface area (Å²) in [6, 6.07) is 12.8. The van der Waals surface area contributed by atoms with E-state index in [1.54, 1.807) is 24.3 Å². The van der Waals surface area contributed by atoms with Gasteiger partial charge in [0, 0.05) is 5.69 Å². The lowest BCUT2D eigenvalue weighted by Gasteiger charge is -2.12. The average molecular weight is 359 g/mol. The second-order valence-electron chi connectivity index (χ2n) is 4.87. The van der Waals surface area contributed by atoms with Gasteiger partial charge < -0.3 is 10.4 Å². The van der Waals surface area contributed by atoms with Crippen LogP contribution in [0.5, 0.6) is 0 Å². The molecule has 0 saturated carbocycles. The molecule has 0 saturated heterocycles. The first-order chi connectivity index (χ1) is 11.8. The van der Waals surface area contributed by atoms with Gasteiger partial charge in [0.1, 0.15) is 6.42 Å². The Bertz CT molecular complexity index is 949. The summed E-state index contributed by atoms with van der Waals surface area (Å²) in [7, 11) is -3.96. The molecule has 0 bridgehead atoms. The summed E-state index contributed by atoms with van der Waals surface area (Å²) in [5, 5.41) is 20.1. The van der Waals surface area contributed by atoms with Crippen molar-refractivity contribution in [3.63, 3.8) is 0 Å². The number of nitrogens with zero attached hydrogens (tertiary/aromatic N) is 1. The molecule has 0 aliphatic heterocycles. The lowest BCUT2D eigenvalue weighted by Crippen LogP contribution is -2.16. The van der Waals surface area contributed by atoms with Crippen molar-refractivity contribution in [2.45, 2.75) is 11.3 Å². The SMILES string of the molecule is N#CCC(=O)Nc1ccc(NS(=O)(=O)c2ccccc2)c(C(=O)O)c1. The van der Waals surface area contributed by atoms with Gasteiger partial charge in [-0.3, -0.25) is 9.52 Å². The van der Waals surface area contributed by atoms with Gasteiger partial charge in [-0.2, -0.15) is 5.26 Å². The van der Waals surface area contributed by atoms with Gasteiger partial charge in [-0.15, -0.1) is 0 Å². The van der Waals surface area contributed by atoms with Crippen LogP contribution in [0.4, 0.5) is 11.4 Å². The Morgan fingerprint density at radius 3 is 2.40 bits per heavy atom. The quantitative estimate of drug-likeness (QED) is 0.722. The Morgan fingerprint density at radius 1 is 1.12 bits per heavy atom. The highest BCUT2D eigenvalue weighted by atomic mass is 32.2. The molecule has 1 amide bonds. The van der Waals surface area contributed by atoms with Crippen LogP contribution in [-0.2, 0) is 14.8 Å². The standard InChI is InChI=1S/C16H13N3O5S/c17-9-8-15(20)18-11-6-7-14(13(10-11)16(21)22)19-25(23,24)12-4-2-1-3-5-12/h1-7,10,19H,8H2,(H,18,20)(H,21,22). The third kappa shape index (κ3) is 4.55. The Balaban J connectivity index is 2.34. The molecule has 0 aliphatic carbocycles. The van der Waals surface area contributed by atoms with Gasteiger partial charge >= 0.3 is 5.97 Å². The molecule has 3 N–H and O–H groups in total. The molecule has 9 heteroatoms. The van der Waals surface area contributed by atoms with Crippen LogP contribution in [0.15, 0.2) is 53.4 Å². The largest absolute Gasteiger partial charge is 0.478 e. The van der Waals surface area contributed by atoms with E-state index in [0.29, 0.717) is 0 Å². The predicted octanol–water partition coefficient (Wildman–Crippen LogP) is 2.04. The van der Waals surface area contributed by atoms with Crippen LogP contribution in [0.2, 0.25) is 0 Å². The maximum atomic E-state index is 12.3. The monoisotopic (exact) mass is 359 g/mol. The van der Waals surface area contributed by atoms with Crippen LogP contribution >= 0.6 is 0 Å². The Kier molecular flexibility index (Phi) is 5.36. The van der Waals surface area contributed by atoms with E-state index in [1.165, 1.54) is 24.3 Å². The van der Waals surface area contributed by atoms with Crippen LogP contribution in [0.25, 0.3) is 0 Å². The summed E-state index contributed by atoms with van der Waals surface area (Å²) in [5.41, 5.74) is -0.343. The minimum Gasteiger partial charge on any atom is -0.478 e. The van der Waals surface area contributed by atoms with Crippen molar-refractivity contribution in [1.29, 1.82) is 5.26 Å². The highest BCUT2D eigenvalue weighted by molar-refractivity contribution is 7.92. The molecular formula is C16H13N3O5S. The van der Waals surface area contributed by atoms with Gasteiger partial charge in [0.25, 0.3) is 10.0 Å². The van der Waals surface area contributed by atoms with E-state index in [1.807, 2.05) is 0 Å². The number of aromatic carboxylic acids is 1. The summed E-state index contributed by atoms with van der Waals surface area (Å²) in [6.07, 6.45) is -0.384. The fourth-order valence-electron chi connectivity index (χ4n) is 1.97. The van der Waals surface area contributed by atoms with Crippen molar-refractivity contribution >= 4 is 33.3 Å². The van der Waals surface area contributed by atoms with Gasteiger partial charge in [0.05, 0.1) is 22.2 Å². The first kappa shape index (κ1) is 18.0.